The Morgan fingerprint density at radius 1 is 1.18 bits per heavy atom. The van der Waals surface area contributed by atoms with Gasteiger partial charge in [-0.2, -0.15) is 4.31 Å². The zero-order valence-electron chi connectivity index (χ0n) is 18.2. The molecule has 34 heavy (non-hydrogen) atoms. The minimum atomic E-state index is -3.88. The van der Waals surface area contributed by atoms with Crippen molar-refractivity contribution >= 4 is 61.3 Å². The highest BCUT2D eigenvalue weighted by atomic mass is 35.5. The monoisotopic (exact) mass is 539 g/mol. The van der Waals surface area contributed by atoms with Crippen molar-refractivity contribution in [3.05, 3.63) is 51.7 Å². The lowest BCUT2D eigenvalue weighted by Crippen LogP contribution is -2.49. The summed E-state index contributed by atoms with van der Waals surface area (Å²) in [4.78, 5) is 30.5. The molecule has 12 heteroatoms. The summed E-state index contributed by atoms with van der Waals surface area (Å²) >= 11 is 7.90. The molecule has 0 spiro atoms. The van der Waals surface area contributed by atoms with Crippen LogP contribution in [0.5, 0.6) is 0 Å². The second kappa shape index (κ2) is 10.5. The van der Waals surface area contributed by atoms with Crippen molar-refractivity contribution in [3.63, 3.8) is 0 Å². The van der Waals surface area contributed by atoms with Crippen LogP contribution in [0.4, 0.5) is 5.13 Å². The maximum atomic E-state index is 13.2. The van der Waals surface area contributed by atoms with Crippen molar-refractivity contribution in [2.75, 3.05) is 18.5 Å². The van der Waals surface area contributed by atoms with Crippen LogP contribution in [0.1, 0.15) is 35.9 Å². The van der Waals surface area contributed by atoms with Crippen LogP contribution in [-0.4, -0.2) is 48.8 Å². The van der Waals surface area contributed by atoms with Crippen molar-refractivity contribution in [2.24, 2.45) is 0 Å². The molecular weight excluding hydrogens is 518 g/mol. The molecule has 0 radical (unpaired) electrons. The second-order valence-corrected chi connectivity index (χ2v) is 12.3. The van der Waals surface area contributed by atoms with E-state index in [9.17, 15) is 18.0 Å². The van der Waals surface area contributed by atoms with Crippen molar-refractivity contribution in [3.8, 4) is 11.3 Å². The van der Waals surface area contributed by atoms with Crippen LogP contribution in [0.3, 0.4) is 0 Å². The third kappa shape index (κ3) is 5.18. The first-order chi connectivity index (χ1) is 16.3. The third-order valence-electron chi connectivity index (χ3n) is 5.23. The van der Waals surface area contributed by atoms with Gasteiger partial charge in [0.25, 0.3) is 10.0 Å². The number of halogens is 1. The van der Waals surface area contributed by atoms with Crippen LogP contribution >= 0.6 is 34.3 Å². The number of esters is 1. The molecule has 1 fully saturated rings. The van der Waals surface area contributed by atoms with Gasteiger partial charge in [0.1, 0.15) is 15.1 Å². The van der Waals surface area contributed by atoms with Crippen LogP contribution in [0.25, 0.3) is 11.3 Å². The Bertz CT molecular complexity index is 1290. The number of carbonyl (C=O) groups is 2. The van der Waals surface area contributed by atoms with Crippen LogP contribution in [-0.2, 0) is 19.6 Å². The van der Waals surface area contributed by atoms with Gasteiger partial charge >= 0.3 is 5.97 Å². The van der Waals surface area contributed by atoms with Gasteiger partial charge in [-0.05, 0) is 31.9 Å². The zero-order chi connectivity index (χ0) is 24.3. The lowest BCUT2D eigenvalue weighted by molar-refractivity contribution is -0.120. The van der Waals surface area contributed by atoms with Gasteiger partial charge in [-0.15, -0.1) is 11.3 Å². The Hall–Kier alpha value is -2.31. The number of nitrogens with one attached hydrogen (secondary N) is 1. The SMILES string of the molecule is CCOC(=O)c1sc(NC(=O)C2CCCCN2S(=O)(=O)c2ccc(Cl)s2)nc1-c1ccccc1. The van der Waals surface area contributed by atoms with E-state index in [0.717, 1.165) is 29.1 Å². The first kappa shape index (κ1) is 24.8. The number of anilines is 1. The third-order valence-corrected chi connectivity index (χ3v) is 9.79. The lowest BCUT2D eigenvalue weighted by atomic mass is 10.0. The largest absolute Gasteiger partial charge is 0.462 e. The summed E-state index contributed by atoms with van der Waals surface area (Å²) in [7, 11) is -3.88. The normalized spacial score (nSPS) is 16.8. The lowest BCUT2D eigenvalue weighted by Gasteiger charge is -2.32. The Kier molecular flexibility index (Phi) is 7.68. The molecule has 8 nitrogen and oxygen atoms in total. The molecule has 1 saturated heterocycles. The number of hydrogen-bond acceptors (Lipinski definition) is 8. The summed E-state index contributed by atoms with van der Waals surface area (Å²) < 4.78 is 33.2. The number of thiophene rings is 1. The van der Waals surface area contributed by atoms with Gasteiger partial charge in [-0.3, -0.25) is 4.79 Å². The number of nitrogens with zero attached hydrogens (tertiary/aromatic N) is 2. The number of piperidine rings is 1. The van der Waals surface area contributed by atoms with Crippen LogP contribution in [0, 0.1) is 0 Å². The van der Waals surface area contributed by atoms with Crippen molar-refractivity contribution in [1.82, 2.24) is 9.29 Å². The minimum Gasteiger partial charge on any atom is -0.462 e. The predicted octanol–water partition coefficient (Wildman–Crippen LogP) is 4.88. The van der Waals surface area contributed by atoms with E-state index in [-0.39, 0.29) is 27.4 Å². The Morgan fingerprint density at radius 2 is 1.94 bits per heavy atom. The number of hydrogen-bond donors (Lipinski definition) is 1. The summed E-state index contributed by atoms with van der Waals surface area (Å²) in [6.07, 6.45) is 1.76. The standard InChI is InChI=1S/C22H22ClN3O5S3/c1-2-31-21(28)19-18(14-8-4-3-5-9-14)24-22(33-19)25-20(27)15-10-6-7-13-26(15)34(29,30)17-12-11-16(23)32-17/h3-5,8-9,11-12,15H,2,6-7,10,13H2,1H3,(H,24,25,27). The molecule has 1 aliphatic rings. The molecule has 1 unspecified atom stereocenters. The van der Waals surface area contributed by atoms with Crippen LogP contribution in [0.2, 0.25) is 4.34 Å². The quantitative estimate of drug-likeness (QED) is 0.429. The summed E-state index contributed by atoms with van der Waals surface area (Å²) in [6.45, 7) is 2.15. The number of amides is 1. The van der Waals surface area contributed by atoms with Crippen molar-refractivity contribution in [2.45, 2.75) is 36.4 Å². The topological polar surface area (TPSA) is 106 Å². The number of sulfonamides is 1. The molecule has 0 bridgehead atoms. The summed E-state index contributed by atoms with van der Waals surface area (Å²) in [5, 5.41) is 2.93. The zero-order valence-corrected chi connectivity index (χ0v) is 21.4. The molecule has 4 rings (SSSR count). The minimum absolute atomic E-state index is 0.0995. The Balaban J connectivity index is 1.61. The summed E-state index contributed by atoms with van der Waals surface area (Å²) in [5.41, 5.74) is 1.11. The maximum Gasteiger partial charge on any atom is 0.350 e. The fourth-order valence-electron chi connectivity index (χ4n) is 3.70. The average Bonchev–Trinajstić information content (AvgIpc) is 3.47. The fourth-order valence-corrected chi connectivity index (χ4v) is 7.85. The van der Waals surface area contributed by atoms with Crippen molar-refractivity contribution in [1.29, 1.82) is 0 Å². The van der Waals surface area contributed by atoms with E-state index >= 15 is 0 Å². The van der Waals surface area contributed by atoms with Gasteiger partial charge in [0, 0.05) is 12.1 Å². The number of aromatic nitrogens is 1. The molecule has 1 atom stereocenters. The predicted molar refractivity (Wildman–Crippen MR) is 133 cm³/mol. The maximum absolute atomic E-state index is 13.2. The Labute approximate surface area is 210 Å². The summed E-state index contributed by atoms with van der Waals surface area (Å²) in [5.74, 6) is -1.02. The number of ether oxygens (including phenoxy) is 1. The second-order valence-electron chi connectivity index (χ2n) is 7.46. The smallest absolute Gasteiger partial charge is 0.350 e. The first-order valence-electron chi connectivity index (χ1n) is 10.6. The highest BCUT2D eigenvalue weighted by Crippen LogP contribution is 2.34. The molecule has 1 aliphatic heterocycles. The van der Waals surface area contributed by atoms with Crippen LogP contribution < -0.4 is 5.32 Å². The molecule has 1 amide bonds. The van der Waals surface area contributed by atoms with Gasteiger partial charge in [-0.1, -0.05) is 59.7 Å². The number of carbonyl (C=O) groups excluding carboxylic acids is 2. The number of rotatable bonds is 7. The Morgan fingerprint density at radius 3 is 2.62 bits per heavy atom. The fraction of sp³-hybridized carbons (Fsp3) is 0.318. The molecule has 3 aromatic rings. The van der Waals surface area contributed by atoms with Gasteiger partial charge < -0.3 is 10.1 Å². The van der Waals surface area contributed by atoms with Gasteiger partial charge in [0.2, 0.25) is 5.91 Å². The number of thiazole rings is 1. The van der Waals surface area contributed by atoms with E-state index in [4.69, 9.17) is 16.3 Å². The molecule has 0 aliphatic carbocycles. The average molecular weight is 540 g/mol. The molecule has 3 heterocycles. The van der Waals surface area contributed by atoms with E-state index in [1.165, 1.54) is 16.4 Å². The number of benzene rings is 1. The van der Waals surface area contributed by atoms with E-state index < -0.39 is 27.9 Å². The molecule has 2 aromatic heterocycles. The molecule has 0 saturated carbocycles. The molecule has 1 N–H and O–H groups in total. The van der Waals surface area contributed by atoms with E-state index in [2.05, 4.69) is 10.3 Å². The highest BCUT2D eigenvalue weighted by Gasteiger charge is 2.38. The van der Waals surface area contributed by atoms with Gasteiger partial charge in [-0.25, -0.2) is 18.2 Å². The first-order valence-corrected chi connectivity index (χ1v) is 14.1. The van der Waals surface area contributed by atoms with Crippen LogP contribution in [0.15, 0.2) is 46.7 Å². The highest BCUT2D eigenvalue weighted by molar-refractivity contribution is 7.91. The van der Waals surface area contributed by atoms with Gasteiger partial charge in [0.15, 0.2) is 5.13 Å². The summed E-state index contributed by atoms with van der Waals surface area (Å²) in [6, 6.07) is 11.2. The molecule has 1 aromatic carbocycles. The molecule has 180 valence electrons. The van der Waals surface area contributed by atoms with Crippen molar-refractivity contribution < 1.29 is 22.7 Å². The van der Waals surface area contributed by atoms with E-state index in [0.29, 0.717) is 28.4 Å². The van der Waals surface area contributed by atoms with Gasteiger partial charge in [0.05, 0.1) is 16.6 Å². The van der Waals surface area contributed by atoms with E-state index in [1.54, 1.807) is 6.92 Å². The molecular formula is C22H22ClN3O5S3. The van der Waals surface area contributed by atoms with E-state index in [1.807, 2.05) is 30.3 Å².